The topological polar surface area (TPSA) is 64.3 Å². The zero-order chi connectivity index (χ0) is 16.2. The molecule has 0 radical (unpaired) electrons. The molecule has 0 aliphatic heterocycles. The molecule has 0 saturated carbocycles. The molecule has 0 aromatic heterocycles. The molecular formula is C13H15F3N2O2S. The van der Waals surface area contributed by atoms with Gasteiger partial charge in [0.25, 0.3) is 5.91 Å². The van der Waals surface area contributed by atoms with E-state index in [9.17, 15) is 18.0 Å². The number of carbonyl (C=O) groups excluding carboxylic acids is 1. The normalized spacial score (nSPS) is 11.1. The van der Waals surface area contributed by atoms with Gasteiger partial charge in [0, 0.05) is 5.56 Å². The van der Waals surface area contributed by atoms with Crippen molar-refractivity contribution in [3.8, 4) is 5.75 Å². The zero-order valence-electron chi connectivity index (χ0n) is 11.5. The molecule has 3 N–H and O–H groups in total. The van der Waals surface area contributed by atoms with Gasteiger partial charge in [-0.25, -0.2) is 0 Å². The molecule has 8 heteroatoms. The van der Waals surface area contributed by atoms with Crippen molar-refractivity contribution >= 4 is 23.1 Å². The van der Waals surface area contributed by atoms with Gasteiger partial charge < -0.3 is 15.8 Å². The van der Waals surface area contributed by atoms with E-state index in [-0.39, 0.29) is 4.99 Å². The average Bonchev–Trinajstić information content (AvgIpc) is 2.34. The minimum atomic E-state index is -4.44. The fourth-order valence-corrected chi connectivity index (χ4v) is 1.83. The Morgan fingerprint density at radius 2 is 1.86 bits per heavy atom. The molecule has 1 aromatic carbocycles. The first-order chi connectivity index (χ1) is 9.60. The van der Waals surface area contributed by atoms with E-state index in [2.05, 4.69) is 0 Å². The number of rotatable bonds is 5. The second kappa shape index (κ2) is 6.75. The molecule has 0 spiro atoms. The number of thiocarbonyl (C=S) groups is 1. The Morgan fingerprint density at radius 1 is 1.33 bits per heavy atom. The van der Waals surface area contributed by atoms with Crippen molar-refractivity contribution in [3.05, 3.63) is 28.8 Å². The maximum absolute atomic E-state index is 11.9. The van der Waals surface area contributed by atoms with Gasteiger partial charge in [0.2, 0.25) is 0 Å². The molecule has 0 saturated heterocycles. The molecule has 116 valence electrons. The molecule has 0 fully saturated rings. The first kappa shape index (κ1) is 17.2. The van der Waals surface area contributed by atoms with Crippen molar-refractivity contribution in [1.29, 1.82) is 0 Å². The van der Waals surface area contributed by atoms with Gasteiger partial charge in [-0.3, -0.25) is 4.79 Å². The van der Waals surface area contributed by atoms with Gasteiger partial charge in [-0.2, -0.15) is 13.2 Å². The summed E-state index contributed by atoms with van der Waals surface area (Å²) in [6.07, 6.45) is -4.44. The van der Waals surface area contributed by atoms with Gasteiger partial charge in [0.05, 0.1) is 0 Å². The number of benzene rings is 1. The Balaban J connectivity index is 2.68. The Bertz CT molecular complexity index is 536. The van der Waals surface area contributed by atoms with Crippen LogP contribution < -0.4 is 15.8 Å². The van der Waals surface area contributed by atoms with Gasteiger partial charge in [-0.15, -0.1) is 0 Å². The zero-order valence-corrected chi connectivity index (χ0v) is 12.3. The lowest BCUT2D eigenvalue weighted by Gasteiger charge is -2.14. The highest BCUT2D eigenvalue weighted by Crippen LogP contribution is 2.24. The third-order valence-corrected chi connectivity index (χ3v) is 2.81. The molecular weight excluding hydrogens is 305 g/mol. The summed E-state index contributed by atoms with van der Waals surface area (Å²) in [7, 11) is 0. The van der Waals surface area contributed by atoms with E-state index in [4.69, 9.17) is 22.7 Å². The number of amides is 1. The van der Waals surface area contributed by atoms with Crippen LogP contribution in [0.4, 0.5) is 13.2 Å². The van der Waals surface area contributed by atoms with Crippen molar-refractivity contribution in [3.63, 3.8) is 0 Å². The summed E-state index contributed by atoms with van der Waals surface area (Å²) in [6, 6.07) is 3.39. The summed E-state index contributed by atoms with van der Waals surface area (Å²) in [6.45, 7) is 1.59. The summed E-state index contributed by atoms with van der Waals surface area (Å²) in [5.41, 5.74) is 7.58. The van der Waals surface area contributed by atoms with Crippen LogP contribution in [0.2, 0.25) is 0 Å². The molecule has 0 heterocycles. The number of nitrogens with two attached hydrogens (primary N) is 1. The molecule has 1 rings (SSSR count). The van der Waals surface area contributed by atoms with Crippen LogP contribution in [-0.2, 0) is 4.79 Å². The van der Waals surface area contributed by atoms with Crippen LogP contribution in [0.5, 0.6) is 5.75 Å². The number of alkyl halides is 3. The smallest absolute Gasteiger partial charge is 0.405 e. The van der Waals surface area contributed by atoms with E-state index < -0.39 is 25.2 Å². The van der Waals surface area contributed by atoms with Crippen molar-refractivity contribution in [2.75, 3.05) is 13.2 Å². The molecule has 1 amide bonds. The molecule has 0 unspecified atom stereocenters. The quantitative estimate of drug-likeness (QED) is 0.815. The third-order valence-electron chi connectivity index (χ3n) is 2.58. The summed E-state index contributed by atoms with van der Waals surface area (Å²) >= 11 is 4.87. The molecule has 1 aromatic rings. The van der Waals surface area contributed by atoms with Crippen LogP contribution in [-0.4, -0.2) is 30.2 Å². The van der Waals surface area contributed by atoms with E-state index in [0.717, 1.165) is 0 Å². The molecule has 21 heavy (non-hydrogen) atoms. The van der Waals surface area contributed by atoms with Crippen LogP contribution in [0.3, 0.4) is 0 Å². The van der Waals surface area contributed by atoms with E-state index in [1.165, 1.54) is 0 Å². The van der Waals surface area contributed by atoms with Gasteiger partial charge in [-0.1, -0.05) is 12.2 Å². The lowest BCUT2D eigenvalue weighted by Crippen LogP contribution is -2.36. The van der Waals surface area contributed by atoms with Crippen LogP contribution in [0.25, 0.3) is 0 Å². The molecule has 0 aliphatic rings. The summed E-state index contributed by atoms with van der Waals surface area (Å²) < 4.78 is 41.1. The monoisotopic (exact) mass is 320 g/mol. The average molecular weight is 320 g/mol. The highest BCUT2D eigenvalue weighted by molar-refractivity contribution is 7.80. The predicted molar refractivity (Wildman–Crippen MR) is 76.4 cm³/mol. The van der Waals surface area contributed by atoms with Crippen molar-refractivity contribution in [2.45, 2.75) is 20.0 Å². The first-order valence-electron chi connectivity index (χ1n) is 5.97. The Morgan fingerprint density at radius 3 is 2.29 bits per heavy atom. The van der Waals surface area contributed by atoms with E-state index in [1.807, 2.05) is 0 Å². The largest absolute Gasteiger partial charge is 0.483 e. The van der Waals surface area contributed by atoms with Gasteiger partial charge in [-0.05, 0) is 37.1 Å². The minimum absolute atomic E-state index is 0.232. The second-order valence-electron chi connectivity index (χ2n) is 4.48. The number of hydrogen-bond donors (Lipinski definition) is 2. The van der Waals surface area contributed by atoms with E-state index in [1.54, 1.807) is 31.3 Å². The van der Waals surface area contributed by atoms with Crippen LogP contribution in [0.15, 0.2) is 12.1 Å². The number of nitrogens with one attached hydrogen (secondary N) is 1. The van der Waals surface area contributed by atoms with Crippen molar-refractivity contribution < 1.29 is 22.7 Å². The highest BCUT2D eigenvalue weighted by Gasteiger charge is 2.27. The second-order valence-corrected chi connectivity index (χ2v) is 4.92. The van der Waals surface area contributed by atoms with Crippen molar-refractivity contribution in [1.82, 2.24) is 5.32 Å². The van der Waals surface area contributed by atoms with Crippen LogP contribution >= 0.6 is 12.2 Å². The predicted octanol–water partition coefficient (Wildman–Crippen LogP) is 1.99. The highest BCUT2D eigenvalue weighted by atomic mass is 32.1. The number of hydrogen-bond acceptors (Lipinski definition) is 3. The van der Waals surface area contributed by atoms with Gasteiger partial charge in [0.1, 0.15) is 17.3 Å². The summed E-state index contributed by atoms with van der Waals surface area (Å²) in [5, 5.41) is 1.73. The summed E-state index contributed by atoms with van der Waals surface area (Å²) in [5.74, 6) is -0.415. The summed E-state index contributed by atoms with van der Waals surface area (Å²) in [4.78, 5) is 11.5. The molecule has 0 aliphatic carbocycles. The maximum Gasteiger partial charge on any atom is 0.405 e. The SMILES string of the molecule is Cc1cc(C(N)=S)cc(C)c1OCC(=O)NCC(F)(F)F. The van der Waals surface area contributed by atoms with E-state index >= 15 is 0 Å². The van der Waals surface area contributed by atoms with Crippen LogP contribution in [0.1, 0.15) is 16.7 Å². The third kappa shape index (κ3) is 5.58. The molecule has 4 nitrogen and oxygen atoms in total. The van der Waals surface area contributed by atoms with Crippen LogP contribution in [0, 0.1) is 13.8 Å². The minimum Gasteiger partial charge on any atom is -0.483 e. The van der Waals surface area contributed by atoms with Gasteiger partial charge >= 0.3 is 6.18 Å². The first-order valence-corrected chi connectivity index (χ1v) is 6.38. The lowest BCUT2D eigenvalue weighted by atomic mass is 10.1. The fourth-order valence-electron chi connectivity index (χ4n) is 1.71. The maximum atomic E-state index is 11.9. The Labute approximate surface area is 125 Å². The number of halogens is 3. The van der Waals surface area contributed by atoms with Gasteiger partial charge in [0.15, 0.2) is 6.61 Å². The molecule has 0 atom stereocenters. The lowest BCUT2D eigenvalue weighted by molar-refractivity contribution is -0.139. The molecule has 0 bridgehead atoms. The van der Waals surface area contributed by atoms with Crippen molar-refractivity contribution in [2.24, 2.45) is 5.73 Å². The Hall–Kier alpha value is -1.83. The van der Waals surface area contributed by atoms with E-state index in [0.29, 0.717) is 22.4 Å². The number of aryl methyl sites for hydroxylation is 2. The number of carbonyl (C=O) groups is 1. The number of ether oxygens (including phenoxy) is 1. The standard InChI is InChI=1S/C13H15F3N2O2S/c1-7-3-9(12(17)21)4-8(2)11(7)20-5-10(19)18-6-13(14,15)16/h3-4H,5-6H2,1-2H3,(H2,17,21)(H,18,19). The Kier molecular flexibility index (Phi) is 5.54. The fraction of sp³-hybridized carbons (Fsp3) is 0.385.